The van der Waals surface area contributed by atoms with Gasteiger partial charge >= 0.3 is 0 Å². The van der Waals surface area contributed by atoms with Gasteiger partial charge in [0.2, 0.25) is 0 Å². The van der Waals surface area contributed by atoms with Crippen LogP contribution in [0.3, 0.4) is 0 Å². The predicted molar refractivity (Wildman–Crippen MR) is 49.3 cm³/mol. The van der Waals surface area contributed by atoms with E-state index < -0.39 is 0 Å². The Balaban J connectivity index is 3.09. The van der Waals surface area contributed by atoms with E-state index in [0.717, 1.165) is 10.2 Å². The number of pyridine rings is 1. The number of hydrogen-bond donors (Lipinski definition) is 1. The zero-order valence-corrected chi connectivity index (χ0v) is 8.22. The highest BCUT2D eigenvalue weighted by Gasteiger charge is 2.03. The highest BCUT2D eigenvalue weighted by atomic mass is 79.9. The van der Waals surface area contributed by atoms with Crippen molar-refractivity contribution in [2.45, 2.75) is 19.9 Å². The number of halogens is 1. The summed E-state index contributed by atoms with van der Waals surface area (Å²) in [6, 6.07) is 2.04. The van der Waals surface area contributed by atoms with E-state index >= 15 is 0 Å². The van der Waals surface area contributed by atoms with Gasteiger partial charge in [0.25, 0.3) is 0 Å². The molecule has 11 heavy (non-hydrogen) atoms. The second-order valence-electron chi connectivity index (χ2n) is 2.65. The first-order valence-electron chi connectivity index (χ1n) is 3.49. The quantitative estimate of drug-likeness (QED) is 0.729. The van der Waals surface area contributed by atoms with E-state index in [2.05, 4.69) is 20.9 Å². The largest absolute Gasteiger partial charge is 0.324 e. The van der Waals surface area contributed by atoms with Crippen LogP contribution < -0.4 is 5.73 Å². The van der Waals surface area contributed by atoms with Crippen molar-refractivity contribution in [1.29, 1.82) is 0 Å². The monoisotopic (exact) mass is 214 g/mol. The predicted octanol–water partition coefficient (Wildman–Crippen LogP) is 2.17. The van der Waals surface area contributed by atoms with Crippen molar-refractivity contribution in [3.05, 3.63) is 28.0 Å². The Kier molecular flexibility index (Phi) is 2.62. The first kappa shape index (κ1) is 8.68. The lowest BCUT2D eigenvalue weighted by molar-refractivity contribution is 0.801. The van der Waals surface area contributed by atoms with Crippen LogP contribution in [-0.4, -0.2) is 4.98 Å². The minimum atomic E-state index is 0.0654. The maximum atomic E-state index is 5.71. The second kappa shape index (κ2) is 3.32. The summed E-state index contributed by atoms with van der Waals surface area (Å²) in [5.74, 6) is 0. The summed E-state index contributed by atoms with van der Waals surface area (Å²) in [5.41, 5.74) is 8.00. The summed E-state index contributed by atoms with van der Waals surface area (Å²) in [6.07, 6.45) is 1.81. The molecule has 0 aliphatic carbocycles. The van der Waals surface area contributed by atoms with Gasteiger partial charge < -0.3 is 5.73 Å². The van der Waals surface area contributed by atoms with Crippen molar-refractivity contribution < 1.29 is 0 Å². The van der Waals surface area contributed by atoms with Crippen LogP contribution in [0.15, 0.2) is 16.9 Å². The molecule has 1 atom stereocenters. The fourth-order valence-corrected chi connectivity index (χ4v) is 1.45. The van der Waals surface area contributed by atoms with Crippen molar-refractivity contribution in [2.24, 2.45) is 5.73 Å². The highest BCUT2D eigenvalue weighted by molar-refractivity contribution is 9.10. The molecule has 0 aliphatic rings. The molecule has 1 aromatic heterocycles. The minimum absolute atomic E-state index is 0.0654. The number of rotatable bonds is 1. The molecule has 1 aromatic rings. The van der Waals surface area contributed by atoms with Crippen LogP contribution in [0.2, 0.25) is 0 Å². The number of nitrogens with two attached hydrogens (primary N) is 1. The normalized spacial score (nSPS) is 13.1. The molecular weight excluding hydrogens is 204 g/mol. The third kappa shape index (κ3) is 2.01. The molecule has 60 valence electrons. The molecule has 0 radical (unpaired) electrons. The fourth-order valence-electron chi connectivity index (χ4n) is 1.01. The van der Waals surface area contributed by atoms with E-state index in [4.69, 9.17) is 5.73 Å². The van der Waals surface area contributed by atoms with Gasteiger partial charge in [0.15, 0.2) is 0 Å². The van der Waals surface area contributed by atoms with Crippen LogP contribution in [0.5, 0.6) is 0 Å². The van der Waals surface area contributed by atoms with Crippen molar-refractivity contribution in [1.82, 2.24) is 4.98 Å². The zero-order chi connectivity index (χ0) is 8.43. The molecule has 2 N–H and O–H groups in total. The topological polar surface area (TPSA) is 38.9 Å². The van der Waals surface area contributed by atoms with E-state index in [0.29, 0.717) is 0 Å². The molecular formula is C8H11BrN2. The number of aryl methyl sites for hydroxylation is 1. The van der Waals surface area contributed by atoms with Gasteiger partial charge in [0, 0.05) is 12.2 Å². The lowest BCUT2D eigenvalue weighted by atomic mass is 10.1. The molecule has 0 aliphatic heterocycles. The molecule has 1 rings (SSSR count). The molecule has 1 heterocycles. The second-order valence-corrected chi connectivity index (χ2v) is 3.46. The van der Waals surface area contributed by atoms with Gasteiger partial charge in [0.05, 0.1) is 0 Å². The van der Waals surface area contributed by atoms with Crippen molar-refractivity contribution >= 4 is 15.9 Å². The van der Waals surface area contributed by atoms with Gasteiger partial charge in [-0.3, -0.25) is 0 Å². The summed E-state index contributed by atoms with van der Waals surface area (Å²) >= 11 is 3.29. The Labute approximate surface area is 75.0 Å². The fraction of sp³-hybridized carbons (Fsp3) is 0.375. The van der Waals surface area contributed by atoms with Crippen molar-refractivity contribution in [2.75, 3.05) is 0 Å². The van der Waals surface area contributed by atoms with E-state index in [9.17, 15) is 0 Å². The maximum Gasteiger partial charge on any atom is 0.106 e. The average molecular weight is 215 g/mol. The molecule has 0 unspecified atom stereocenters. The molecule has 2 nitrogen and oxygen atoms in total. The Hall–Kier alpha value is -0.410. The third-order valence-corrected chi connectivity index (χ3v) is 2.04. The van der Waals surface area contributed by atoms with Gasteiger partial charge in [-0.2, -0.15) is 0 Å². The summed E-state index contributed by atoms with van der Waals surface area (Å²) in [5, 5.41) is 0. The van der Waals surface area contributed by atoms with E-state index in [1.165, 1.54) is 5.56 Å². The lowest BCUT2D eigenvalue weighted by Crippen LogP contribution is -2.07. The van der Waals surface area contributed by atoms with Gasteiger partial charge in [-0.05, 0) is 47.0 Å². The van der Waals surface area contributed by atoms with Crippen molar-refractivity contribution in [3.8, 4) is 0 Å². The van der Waals surface area contributed by atoms with Crippen LogP contribution in [0.4, 0.5) is 0 Å². The highest BCUT2D eigenvalue weighted by Crippen LogP contribution is 2.16. The average Bonchev–Trinajstić information content (AvgIpc) is 1.85. The molecule has 0 bridgehead atoms. The molecule has 0 saturated carbocycles. The zero-order valence-electron chi connectivity index (χ0n) is 6.63. The van der Waals surface area contributed by atoms with Gasteiger partial charge in [0.1, 0.15) is 4.60 Å². The van der Waals surface area contributed by atoms with E-state index in [1.54, 1.807) is 0 Å². The van der Waals surface area contributed by atoms with Crippen molar-refractivity contribution in [3.63, 3.8) is 0 Å². The number of hydrogen-bond acceptors (Lipinski definition) is 2. The molecule has 0 amide bonds. The summed E-state index contributed by atoms with van der Waals surface area (Å²) < 4.78 is 0.861. The lowest BCUT2D eigenvalue weighted by Gasteiger charge is -2.08. The Bertz CT molecular complexity index is 258. The van der Waals surface area contributed by atoms with Gasteiger partial charge in [-0.1, -0.05) is 0 Å². The first-order valence-corrected chi connectivity index (χ1v) is 4.28. The van der Waals surface area contributed by atoms with Gasteiger partial charge in [-0.15, -0.1) is 0 Å². The molecule has 0 saturated heterocycles. The molecule has 3 heteroatoms. The van der Waals surface area contributed by atoms with Crippen LogP contribution in [0.25, 0.3) is 0 Å². The number of aromatic nitrogens is 1. The summed E-state index contributed by atoms with van der Waals surface area (Å²) in [6.45, 7) is 3.99. The SMILES string of the molecule is Cc1cc(Br)ncc1[C@H](C)N. The van der Waals surface area contributed by atoms with Crippen LogP contribution in [-0.2, 0) is 0 Å². The van der Waals surface area contributed by atoms with Gasteiger partial charge in [-0.25, -0.2) is 4.98 Å². The molecule has 0 aromatic carbocycles. The smallest absolute Gasteiger partial charge is 0.106 e. The summed E-state index contributed by atoms with van der Waals surface area (Å²) in [4.78, 5) is 4.10. The maximum absolute atomic E-state index is 5.71. The standard InChI is InChI=1S/C8H11BrN2/c1-5-3-8(9)11-4-7(5)6(2)10/h3-4,6H,10H2,1-2H3/t6-/m0/s1. The Morgan fingerprint density at radius 1 is 1.64 bits per heavy atom. The van der Waals surface area contributed by atoms with Crippen LogP contribution in [0, 0.1) is 6.92 Å². The number of nitrogens with zero attached hydrogens (tertiary/aromatic N) is 1. The summed E-state index contributed by atoms with van der Waals surface area (Å²) in [7, 11) is 0. The third-order valence-electron chi connectivity index (χ3n) is 1.61. The minimum Gasteiger partial charge on any atom is -0.324 e. The van der Waals surface area contributed by atoms with E-state index in [1.807, 2.05) is 26.1 Å². The Morgan fingerprint density at radius 2 is 2.27 bits per heavy atom. The van der Waals surface area contributed by atoms with Crippen LogP contribution >= 0.6 is 15.9 Å². The first-order chi connectivity index (χ1) is 5.11. The Morgan fingerprint density at radius 3 is 2.73 bits per heavy atom. The van der Waals surface area contributed by atoms with E-state index in [-0.39, 0.29) is 6.04 Å². The van der Waals surface area contributed by atoms with Crippen LogP contribution in [0.1, 0.15) is 24.1 Å². The molecule has 0 fully saturated rings. The molecule has 0 spiro atoms.